The van der Waals surface area contributed by atoms with Crippen molar-refractivity contribution in [1.29, 1.82) is 0 Å². The zero-order chi connectivity index (χ0) is 25.3. The molecule has 1 saturated heterocycles. The van der Waals surface area contributed by atoms with E-state index in [9.17, 15) is 8.42 Å². The lowest BCUT2D eigenvalue weighted by molar-refractivity contribution is 0.0730. The van der Waals surface area contributed by atoms with Gasteiger partial charge in [-0.1, -0.05) is 12.1 Å². The predicted octanol–water partition coefficient (Wildman–Crippen LogP) is 4.21. The Labute approximate surface area is 209 Å². The van der Waals surface area contributed by atoms with E-state index in [4.69, 9.17) is 23.4 Å². The van der Waals surface area contributed by atoms with E-state index in [1.165, 1.54) is 4.31 Å². The molecule has 5 rings (SSSR count). The van der Waals surface area contributed by atoms with Gasteiger partial charge >= 0.3 is 0 Å². The summed E-state index contributed by atoms with van der Waals surface area (Å²) in [4.78, 5) is 4.68. The van der Waals surface area contributed by atoms with Crippen LogP contribution in [0.15, 0.2) is 64.0 Å². The number of sulfonamides is 1. The van der Waals surface area contributed by atoms with Crippen molar-refractivity contribution in [2.24, 2.45) is 0 Å². The number of fused-ring (bicyclic) bond motifs is 1. The van der Waals surface area contributed by atoms with Crippen LogP contribution in [0.2, 0.25) is 0 Å². The zero-order valence-corrected chi connectivity index (χ0v) is 21.0. The van der Waals surface area contributed by atoms with Crippen molar-refractivity contribution in [2.75, 3.05) is 47.6 Å². The fourth-order valence-electron chi connectivity index (χ4n) is 4.29. The third-order valence-electron chi connectivity index (χ3n) is 6.11. The molecule has 3 heterocycles. The van der Waals surface area contributed by atoms with E-state index in [0.29, 0.717) is 66.0 Å². The van der Waals surface area contributed by atoms with E-state index in [-0.39, 0.29) is 4.90 Å². The Kier molecular flexibility index (Phi) is 6.57. The molecule has 10 heteroatoms. The van der Waals surface area contributed by atoms with Crippen molar-refractivity contribution in [3.8, 4) is 39.7 Å². The van der Waals surface area contributed by atoms with Crippen LogP contribution in [0, 0.1) is 0 Å². The van der Waals surface area contributed by atoms with E-state index in [0.717, 1.165) is 11.1 Å². The van der Waals surface area contributed by atoms with Gasteiger partial charge in [0, 0.05) is 36.5 Å². The molecule has 36 heavy (non-hydrogen) atoms. The molecule has 0 spiro atoms. The number of aromatic nitrogens is 1. The molecule has 1 fully saturated rings. The molecule has 0 N–H and O–H groups in total. The van der Waals surface area contributed by atoms with Crippen LogP contribution in [0.3, 0.4) is 0 Å². The molecule has 0 radical (unpaired) electrons. The van der Waals surface area contributed by atoms with Crippen LogP contribution in [-0.4, -0.2) is 65.3 Å². The molecule has 1 aliphatic heterocycles. The molecule has 2 aromatic carbocycles. The first-order chi connectivity index (χ1) is 17.5. The minimum Gasteiger partial charge on any atom is -0.493 e. The number of furan rings is 1. The standard InChI is InChI=1S/C26H26N2O7S/c1-31-23-14-18(15-24(32-2)26(23)33-3)22-16-21-25(35-22)20(7-8-27-21)17-5-4-6-19(13-17)36(29,30)28-9-11-34-12-10-28/h4-8,13-16H,9-12H2,1-3H3. The summed E-state index contributed by atoms with van der Waals surface area (Å²) < 4.78 is 55.8. The molecule has 2 aromatic heterocycles. The Morgan fingerprint density at radius 1 is 0.889 bits per heavy atom. The first kappa shape index (κ1) is 24.1. The Balaban J connectivity index is 1.58. The summed E-state index contributed by atoms with van der Waals surface area (Å²) in [6.07, 6.45) is 1.68. The predicted molar refractivity (Wildman–Crippen MR) is 134 cm³/mol. The van der Waals surface area contributed by atoms with Crippen LogP contribution >= 0.6 is 0 Å². The number of rotatable bonds is 7. The summed E-state index contributed by atoms with van der Waals surface area (Å²) in [5.41, 5.74) is 3.34. The van der Waals surface area contributed by atoms with E-state index < -0.39 is 10.0 Å². The van der Waals surface area contributed by atoms with Gasteiger partial charge in [0.2, 0.25) is 15.8 Å². The molecule has 4 aromatic rings. The normalized spacial score (nSPS) is 14.6. The number of hydrogen-bond acceptors (Lipinski definition) is 8. The van der Waals surface area contributed by atoms with Gasteiger partial charge in [-0.3, -0.25) is 4.98 Å². The van der Waals surface area contributed by atoms with Gasteiger partial charge in [0.25, 0.3) is 0 Å². The summed E-state index contributed by atoms with van der Waals surface area (Å²) in [5, 5.41) is 0. The monoisotopic (exact) mass is 510 g/mol. The summed E-state index contributed by atoms with van der Waals surface area (Å²) in [7, 11) is 1.01. The molecular weight excluding hydrogens is 484 g/mol. The molecule has 188 valence electrons. The molecule has 0 amide bonds. The third kappa shape index (κ3) is 4.27. The van der Waals surface area contributed by atoms with Gasteiger partial charge in [-0.2, -0.15) is 4.31 Å². The van der Waals surface area contributed by atoms with Crippen molar-refractivity contribution >= 4 is 21.1 Å². The van der Waals surface area contributed by atoms with E-state index in [1.54, 1.807) is 57.9 Å². The van der Waals surface area contributed by atoms with Crippen LogP contribution < -0.4 is 14.2 Å². The number of benzene rings is 2. The summed E-state index contributed by atoms with van der Waals surface area (Å²) in [5.74, 6) is 2.04. The maximum absolute atomic E-state index is 13.2. The minimum atomic E-state index is -3.64. The maximum atomic E-state index is 13.2. The molecule has 9 nitrogen and oxygen atoms in total. The third-order valence-corrected chi connectivity index (χ3v) is 8.01. The number of pyridine rings is 1. The van der Waals surface area contributed by atoms with Crippen LogP contribution in [0.5, 0.6) is 17.2 Å². The van der Waals surface area contributed by atoms with Gasteiger partial charge in [0.1, 0.15) is 11.3 Å². The number of hydrogen-bond donors (Lipinski definition) is 0. The molecule has 0 bridgehead atoms. The van der Waals surface area contributed by atoms with Crippen LogP contribution in [0.25, 0.3) is 33.6 Å². The number of morpholine rings is 1. The van der Waals surface area contributed by atoms with Crippen molar-refractivity contribution < 1.29 is 31.8 Å². The van der Waals surface area contributed by atoms with Gasteiger partial charge in [0.05, 0.1) is 39.4 Å². The second-order valence-electron chi connectivity index (χ2n) is 8.14. The van der Waals surface area contributed by atoms with E-state index in [2.05, 4.69) is 4.98 Å². The average molecular weight is 511 g/mol. The van der Waals surface area contributed by atoms with Gasteiger partial charge in [-0.05, 0) is 35.9 Å². The van der Waals surface area contributed by atoms with Crippen molar-refractivity contribution in [3.05, 3.63) is 54.7 Å². The lowest BCUT2D eigenvalue weighted by Gasteiger charge is -2.26. The highest BCUT2D eigenvalue weighted by Gasteiger charge is 2.27. The quantitative estimate of drug-likeness (QED) is 0.365. The topological polar surface area (TPSA) is 100 Å². The van der Waals surface area contributed by atoms with Crippen LogP contribution in [-0.2, 0) is 14.8 Å². The van der Waals surface area contributed by atoms with Crippen LogP contribution in [0.4, 0.5) is 0 Å². The maximum Gasteiger partial charge on any atom is 0.243 e. The number of ether oxygens (including phenoxy) is 4. The van der Waals surface area contributed by atoms with Gasteiger partial charge in [-0.15, -0.1) is 0 Å². The van der Waals surface area contributed by atoms with Crippen molar-refractivity contribution in [3.63, 3.8) is 0 Å². The van der Waals surface area contributed by atoms with Gasteiger partial charge in [-0.25, -0.2) is 8.42 Å². The summed E-state index contributed by atoms with van der Waals surface area (Å²) in [6, 6.07) is 14.1. The Morgan fingerprint density at radius 2 is 1.61 bits per heavy atom. The van der Waals surface area contributed by atoms with Crippen molar-refractivity contribution in [1.82, 2.24) is 9.29 Å². The molecular formula is C26H26N2O7S. The highest BCUT2D eigenvalue weighted by molar-refractivity contribution is 7.89. The highest BCUT2D eigenvalue weighted by atomic mass is 32.2. The largest absolute Gasteiger partial charge is 0.493 e. The Morgan fingerprint density at radius 3 is 2.28 bits per heavy atom. The second kappa shape index (κ2) is 9.81. The first-order valence-electron chi connectivity index (χ1n) is 11.3. The Bertz CT molecular complexity index is 1480. The van der Waals surface area contributed by atoms with Gasteiger partial charge in [0.15, 0.2) is 17.1 Å². The second-order valence-corrected chi connectivity index (χ2v) is 10.1. The Hall–Kier alpha value is -3.60. The summed E-state index contributed by atoms with van der Waals surface area (Å²) in [6.45, 7) is 1.45. The first-order valence-corrected chi connectivity index (χ1v) is 12.8. The molecule has 0 atom stereocenters. The number of methoxy groups -OCH3 is 3. The van der Waals surface area contributed by atoms with E-state index >= 15 is 0 Å². The smallest absolute Gasteiger partial charge is 0.243 e. The van der Waals surface area contributed by atoms with Crippen molar-refractivity contribution in [2.45, 2.75) is 4.90 Å². The zero-order valence-electron chi connectivity index (χ0n) is 20.2. The number of nitrogens with zero attached hydrogens (tertiary/aromatic N) is 2. The lowest BCUT2D eigenvalue weighted by Crippen LogP contribution is -2.40. The van der Waals surface area contributed by atoms with Gasteiger partial charge < -0.3 is 23.4 Å². The molecule has 0 unspecified atom stereocenters. The molecule has 0 saturated carbocycles. The minimum absolute atomic E-state index is 0.225. The van der Waals surface area contributed by atoms with Crippen LogP contribution in [0.1, 0.15) is 0 Å². The molecule has 1 aliphatic rings. The fraction of sp³-hybridized carbons (Fsp3) is 0.269. The fourth-order valence-corrected chi connectivity index (χ4v) is 5.75. The highest BCUT2D eigenvalue weighted by Crippen LogP contribution is 2.43. The summed E-state index contributed by atoms with van der Waals surface area (Å²) >= 11 is 0. The molecule has 0 aliphatic carbocycles. The lowest BCUT2D eigenvalue weighted by atomic mass is 10.1. The van der Waals surface area contributed by atoms with E-state index in [1.807, 2.05) is 18.2 Å². The average Bonchev–Trinajstić information content (AvgIpc) is 3.37. The SMILES string of the molecule is COc1cc(-c2cc3nccc(-c4cccc(S(=O)(=O)N5CCOCC5)c4)c3o2)cc(OC)c1OC.